The van der Waals surface area contributed by atoms with E-state index in [1.165, 1.54) is 11.1 Å². The molecule has 10 heavy (non-hydrogen) atoms. The molecule has 0 aliphatic carbocycles. The van der Waals surface area contributed by atoms with Gasteiger partial charge in [0.15, 0.2) is 0 Å². The molecule has 0 amide bonds. The summed E-state index contributed by atoms with van der Waals surface area (Å²) in [5.41, 5.74) is 2.69. The van der Waals surface area contributed by atoms with Crippen LogP contribution in [0, 0.1) is 5.52 Å². The zero-order valence-corrected chi connectivity index (χ0v) is 7.04. The smallest absolute Gasteiger partial charge is 0.148 e. The lowest BCUT2D eigenvalue weighted by molar-refractivity contribution is 0.220. The monoisotopic (exact) mass is 199 g/mol. The minimum atomic E-state index is 0.631. The summed E-state index contributed by atoms with van der Waals surface area (Å²) in [7, 11) is 0. The van der Waals surface area contributed by atoms with Gasteiger partial charge in [-0.3, -0.25) is 0 Å². The summed E-state index contributed by atoms with van der Waals surface area (Å²) in [5, 5.41) is 0. The first kappa shape index (κ1) is 7.76. The normalized spacial score (nSPS) is 9.70. The predicted molar refractivity (Wildman–Crippen MR) is 44.5 cm³/mol. The Hall–Kier alpha value is -0.340. The maximum absolute atomic E-state index is 5.01. The molecule has 1 aromatic rings. The van der Waals surface area contributed by atoms with E-state index in [0.717, 1.165) is 0 Å². The third-order valence-corrected chi connectivity index (χ3v) is 1.42. The number of hydrogen-bond donors (Lipinski definition) is 0. The summed E-state index contributed by atoms with van der Waals surface area (Å²) in [6.45, 7) is 0.631. The molecule has 0 N–H and O–H groups in total. The molecule has 0 heterocycles. The van der Waals surface area contributed by atoms with Crippen molar-refractivity contribution < 1.29 is 4.74 Å². The molecule has 0 aliphatic heterocycles. The van der Waals surface area contributed by atoms with Crippen LogP contribution in [0.3, 0.4) is 0 Å². The summed E-state index contributed by atoms with van der Waals surface area (Å²) >= 11 is 3.06. The third-order valence-electron chi connectivity index (χ3n) is 1.16. The van der Waals surface area contributed by atoms with Crippen molar-refractivity contribution in [1.82, 2.24) is 0 Å². The Bertz CT molecular complexity index is 174. The molecule has 53 valence electrons. The molecular formula is C8H8BrO. The Kier molecular flexibility index (Phi) is 3.47. The topological polar surface area (TPSA) is 9.23 Å². The number of benzene rings is 1. The molecule has 0 bridgehead atoms. The van der Waals surface area contributed by atoms with Crippen molar-refractivity contribution in [1.29, 1.82) is 0 Å². The Morgan fingerprint density at radius 2 is 2.00 bits per heavy atom. The molecule has 2 heteroatoms. The summed E-state index contributed by atoms with van der Waals surface area (Å²) in [6, 6.07) is 10.0. The van der Waals surface area contributed by atoms with Crippen molar-refractivity contribution in [2.75, 3.05) is 0 Å². The van der Waals surface area contributed by atoms with Crippen molar-refractivity contribution >= 4 is 15.9 Å². The highest BCUT2D eigenvalue weighted by Gasteiger charge is 1.87. The highest BCUT2D eigenvalue weighted by atomic mass is 79.9. The fourth-order valence-electron chi connectivity index (χ4n) is 0.702. The molecule has 0 aliphatic rings. The van der Waals surface area contributed by atoms with Gasteiger partial charge in [-0.2, -0.15) is 0 Å². The van der Waals surface area contributed by atoms with Crippen LogP contribution in [0.25, 0.3) is 0 Å². The lowest BCUT2D eigenvalue weighted by Crippen LogP contribution is -1.84. The second-order valence-electron chi connectivity index (χ2n) is 1.89. The Balaban J connectivity index is 2.43. The first-order valence-electron chi connectivity index (χ1n) is 3.01. The van der Waals surface area contributed by atoms with Gasteiger partial charge in [0, 0.05) is 0 Å². The van der Waals surface area contributed by atoms with Crippen molar-refractivity contribution in [2.45, 2.75) is 6.61 Å². The largest absolute Gasteiger partial charge is 0.359 e. The number of rotatable bonds is 3. The SMILES string of the molecule is Br[CH]OCc1ccccc1. The molecule has 0 atom stereocenters. The van der Waals surface area contributed by atoms with Crippen LogP contribution in [0.1, 0.15) is 5.56 Å². The lowest BCUT2D eigenvalue weighted by Gasteiger charge is -1.97. The molecule has 1 radical (unpaired) electrons. The molecule has 0 aromatic heterocycles. The second-order valence-corrected chi connectivity index (χ2v) is 2.26. The van der Waals surface area contributed by atoms with Gasteiger partial charge in [-0.1, -0.05) is 46.3 Å². The minimum Gasteiger partial charge on any atom is -0.359 e. The summed E-state index contributed by atoms with van der Waals surface area (Å²) < 4.78 is 5.01. The molecule has 0 saturated carbocycles. The van der Waals surface area contributed by atoms with E-state index in [-0.39, 0.29) is 0 Å². The molecular weight excluding hydrogens is 192 g/mol. The van der Waals surface area contributed by atoms with Gasteiger partial charge in [0.05, 0.1) is 6.61 Å². The van der Waals surface area contributed by atoms with Gasteiger partial charge < -0.3 is 4.74 Å². The predicted octanol–water partition coefficient (Wildman–Crippen LogP) is 2.72. The van der Waals surface area contributed by atoms with Crippen molar-refractivity contribution in [3.8, 4) is 0 Å². The van der Waals surface area contributed by atoms with Gasteiger partial charge in [-0.05, 0) is 5.56 Å². The first-order chi connectivity index (χ1) is 4.93. The molecule has 0 saturated heterocycles. The molecule has 0 fully saturated rings. The highest BCUT2D eigenvalue weighted by Crippen LogP contribution is 2.02. The maximum atomic E-state index is 5.01. The van der Waals surface area contributed by atoms with E-state index in [0.29, 0.717) is 6.61 Å². The summed E-state index contributed by atoms with van der Waals surface area (Å²) in [4.78, 5) is 0. The van der Waals surface area contributed by atoms with E-state index in [2.05, 4.69) is 15.9 Å². The summed E-state index contributed by atoms with van der Waals surface area (Å²) in [5.74, 6) is 0. The minimum absolute atomic E-state index is 0.631. The third kappa shape index (κ3) is 2.50. The van der Waals surface area contributed by atoms with Gasteiger partial charge in [0.1, 0.15) is 5.52 Å². The number of ether oxygens (including phenoxy) is 1. The van der Waals surface area contributed by atoms with E-state index >= 15 is 0 Å². The van der Waals surface area contributed by atoms with Crippen molar-refractivity contribution in [3.63, 3.8) is 0 Å². The van der Waals surface area contributed by atoms with Gasteiger partial charge in [0.25, 0.3) is 0 Å². The maximum Gasteiger partial charge on any atom is 0.148 e. The Labute approximate surface area is 69.1 Å². The molecule has 0 unspecified atom stereocenters. The van der Waals surface area contributed by atoms with E-state index in [9.17, 15) is 0 Å². The van der Waals surface area contributed by atoms with Gasteiger partial charge >= 0.3 is 0 Å². The number of hydrogen-bond acceptors (Lipinski definition) is 1. The molecule has 1 nitrogen and oxygen atoms in total. The quantitative estimate of drug-likeness (QED) is 0.728. The van der Waals surface area contributed by atoms with Gasteiger partial charge in [-0.25, -0.2) is 0 Å². The zero-order chi connectivity index (χ0) is 7.23. The fourth-order valence-corrected chi connectivity index (χ4v) is 0.834. The molecule has 1 rings (SSSR count). The average Bonchev–Trinajstić information content (AvgIpc) is 2.03. The van der Waals surface area contributed by atoms with E-state index in [1.807, 2.05) is 30.3 Å². The summed E-state index contributed by atoms with van der Waals surface area (Å²) in [6.07, 6.45) is 0. The van der Waals surface area contributed by atoms with Crippen LogP contribution in [0.4, 0.5) is 0 Å². The average molecular weight is 200 g/mol. The van der Waals surface area contributed by atoms with Crippen LogP contribution < -0.4 is 0 Å². The van der Waals surface area contributed by atoms with E-state index in [1.54, 1.807) is 0 Å². The second kappa shape index (κ2) is 4.47. The highest BCUT2D eigenvalue weighted by molar-refractivity contribution is 9.10. The van der Waals surface area contributed by atoms with Crippen LogP contribution in [0.2, 0.25) is 0 Å². The molecule has 1 aromatic carbocycles. The van der Waals surface area contributed by atoms with Crippen LogP contribution in [0.15, 0.2) is 30.3 Å². The lowest BCUT2D eigenvalue weighted by atomic mass is 10.2. The van der Waals surface area contributed by atoms with Gasteiger partial charge in [0.2, 0.25) is 0 Å². The van der Waals surface area contributed by atoms with Crippen LogP contribution in [-0.2, 0) is 11.3 Å². The molecule has 0 spiro atoms. The van der Waals surface area contributed by atoms with E-state index in [4.69, 9.17) is 4.74 Å². The first-order valence-corrected chi connectivity index (χ1v) is 3.92. The van der Waals surface area contributed by atoms with Crippen LogP contribution >= 0.6 is 15.9 Å². The zero-order valence-electron chi connectivity index (χ0n) is 5.46. The van der Waals surface area contributed by atoms with Gasteiger partial charge in [-0.15, -0.1) is 0 Å². The van der Waals surface area contributed by atoms with E-state index < -0.39 is 0 Å². The van der Waals surface area contributed by atoms with Crippen molar-refractivity contribution in [2.24, 2.45) is 0 Å². The number of halogens is 1. The Morgan fingerprint density at radius 3 is 2.60 bits per heavy atom. The van der Waals surface area contributed by atoms with Crippen molar-refractivity contribution in [3.05, 3.63) is 41.4 Å². The Morgan fingerprint density at radius 1 is 1.30 bits per heavy atom. The van der Waals surface area contributed by atoms with Crippen LogP contribution in [-0.4, -0.2) is 0 Å². The van der Waals surface area contributed by atoms with Crippen LogP contribution in [0.5, 0.6) is 0 Å². The standard InChI is InChI=1S/C8H8BrO/c9-7-10-6-8-4-2-1-3-5-8/h1-5,7H,6H2. The fraction of sp³-hybridized carbons (Fsp3) is 0.125.